The van der Waals surface area contributed by atoms with E-state index in [4.69, 9.17) is 5.11 Å². The number of carboxylic acid groups (broad SMARTS) is 1. The number of benzene rings is 1. The van der Waals surface area contributed by atoms with Gasteiger partial charge in [0, 0.05) is 18.3 Å². The van der Waals surface area contributed by atoms with Crippen LogP contribution in [0, 0.1) is 10.1 Å². The Morgan fingerprint density at radius 1 is 1.27 bits per heavy atom. The Bertz CT molecular complexity index is 809. The number of nitro groups is 1. The molecule has 2 N–H and O–H groups in total. The van der Waals surface area contributed by atoms with Gasteiger partial charge >= 0.3 is 5.97 Å². The van der Waals surface area contributed by atoms with Crippen LogP contribution in [0.5, 0.6) is 0 Å². The Hall–Kier alpha value is -3.23. The molecule has 0 spiro atoms. The molecule has 0 saturated heterocycles. The highest BCUT2D eigenvalue weighted by atomic mass is 16.6. The zero-order valence-electron chi connectivity index (χ0n) is 14.5. The maximum Gasteiger partial charge on any atom is 0.305 e. The molecule has 2 rings (SSSR count). The van der Waals surface area contributed by atoms with Gasteiger partial charge in [-0.05, 0) is 25.0 Å². The molecule has 138 valence electrons. The number of carbonyl (C=O) groups is 2. The monoisotopic (exact) mass is 360 g/mol. The van der Waals surface area contributed by atoms with E-state index in [9.17, 15) is 19.7 Å². The first-order chi connectivity index (χ1) is 12.3. The fraction of sp³-hybridized carbons (Fsp3) is 0.353. The number of non-ortho nitro benzene ring substituents is 1. The van der Waals surface area contributed by atoms with E-state index in [2.05, 4.69) is 10.4 Å². The van der Waals surface area contributed by atoms with Crippen LogP contribution in [0.2, 0.25) is 0 Å². The highest BCUT2D eigenvalue weighted by Gasteiger charge is 2.31. The Balaban J connectivity index is 2.18. The molecule has 0 fully saturated rings. The van der Waals surface area contributed by atoms with E-state index in [1.54, 1.807) is 0 Å². The van der Waals surface area contributed by atoms with Crippen molar-refractivity contribution in [3.05, 3.63) is 52.3 Å². The molecule has 26 heavy (non-hydrogen) atoms. The normalized spacial score (nSPS) is 11.2. The Morgan fingerprint density at radius 2 is 1.88 bits per heavy atom. The molecular weight excluding hydrogens is 340 g/mol. The van der Waals surface area contributed by atoms with Crippen molar-refractivity contribution >= 4 is 17.6 Å². The Labute approximate surface area is 149 Å². The molecule has 0 aliphatic heterocycles. The number of aliphatic carboxylic acids is 1. The molecule has 0 unspecified atom stereocenters. The number of aromatic nitrogens is 2. The van der Waals surface area contributed by atoms with E-state index < -0.39 is 22.3 Å². The maximum absolute atomic E-state index is 12.5. The quantitative estimate of drug-likeness (QED) is 0.550. The average Bonchev–Trinajstić information content (AvgIpc) is 3.11. The molecule has 9 heteroatoms. The third-order valence-electron chi connectivity index (χ3n) is 4.39. The van der Waals surface area contributed by atoms with E-state index in [1.165, 1.54) is 41.3 Å². The summed E-state index contributed by atoms with van der Waals surface area (Å²) in [6.45, 7) is 3.65. The van der Waals surface area contributed by atoms with Gasteiger partial charge in [0.2, 0.25) is 0 Å². The standard InChI is InChI=1S/C17H20N4O5/c1-3-17(4-2,9-15(22)23)19-16(24)12-10-18-20(11-12)13-5-7-14(8-6-13)21(25)26/h5-8,10-11H,3-4,9H2,1-2H3,(H,19,24)(H,22,23). The smallest absolute Gasteiger partial charge is 0.305 e. The average molecular weight is 360 g/mol. The van der Waals surface area contributed by atoms with E-state index in [0.717, 1.165) is 0 Å². The van der Waals surface area contributed by atoms with E-state index in [1.807, 2.05) is 13.8 Å². The summed E-state index contributed by atoms with van der Waals surface area (Å²) in [4.78, 5) is 33.8. The topological polar surface area (TPSA) is 127 Å². The maximum atomic E-state index is 12.5. The van der Waals surface area contributed by atoms with Gasteiger partial charge in [-0.3, -0.25) is 19.7 Å². The molecule has 0 bridgehead atoms. The summed E-state index contributed by atoms with van der Waals surface area (Å²) in [7, 11) is 0. The molecule has 1 amide bonds. The van der Waals surface area contributed by atoms with Gasteiger partial charge in [-0.15, -0.1) is 0 Å². The third kappa shape index (κ3) is 4.24. The summed E-state index contributed by atoms with van der Waals surface area (Å²) in [6, 6.07) is 5.75. The molecule has 9 nitrogen and oxygen atoms in total. The summed E-state index contributed by atoms with van der Waals surface area (Å²) in [6.07, 6.45) is 3.67. The minimum Gasteiger partial charge on any atom is -0.481 e. The highest BCUT2D eigenvalue weighted by molar-refractivity contribution is 5.94. The number of hydrogen-bond donors (Lipinski definition) is 2. The second-order valence-corrected chi connectivity index (χ2v) is 5.96. The SMILES string of the molecule is CCC(CC)(CC(=O)O)NC(=O)c1cnn(-c2ccc([N+](=O)[O-])cc2)c1. The number of nitro benzene ring substituents is 1. The van der Waals surface area contributed by atoms with Crippen LogP contribution in [-0.2, 0) is 4.79 Å². The van der Waals surface area contributed by atoms with Crippen LogP contribution in [0.1, 0.15) is 43.5 Å². The lowest BCUT2D eigenvalue weighted by atomic mass is 9.88. The second kappa shape index (κ2) is 7.77. The molecule has 0 radical (unpaired) electrons. The summed E-state index contributed by atoms with van der Waals surface area (Å²) in [5.41, 5.74) is -0.0149. The first-order valence-electron chi connectivity index (χ1n) is 8.14. The van der Waals surface area contributed by atoms with Gasteiger partial charge in [0.05, 0.1) is 34.3 Å². The predicted octanol–water partition coefficient (Wildman–Crippen LogP) is 2.54. The number of amides is 1. The highest BCUT2D eigenvalue weighted by Crippen LogP contribution is 2.21. The van der Waals surface area contributed by atoms with Crippen LogP contribution in [0.4, 0.5) is 5.69 Å². The van der Waals surface area contributed by atoms with Crippen molar-refractivity contribution in [2.24, 2.45) is 0 Å². The number of carbonyl (C=O) groups excluding carboxylic acids is 1. The van der Waals surface area contributed by atoms with Crippen molar-refractivity contribution in [2.75, 3.05) is 0 Å². The van der Waals surface area contributed by atoms with Gasteiger partial charge in [0.25, 0.3) is 11.6 Å². The fourth-order valence-electron chi connectivity index (χ4n) is 2.63. The van der Waals surface area contributed by atoms with Crippen LogP contribution >= 0.6 is 0 Å². The first-order valence-corrected chi connectivity index (χ1v) is 8.14. The van der Waals surface area contributed by atoms with Crippen molar-refractivity contribution in [1.29, 1.82) is 0 Å². The number of hydrogen-bond acceptors (Lipinski definition) is 5. The summed E-state index contributed by atoms with van der Waals surface area (Å²) in [5.74, 6) is -1.39. The minimum absolute atomic E-state index is 0.0387. The zero-order chi connectivity index (χ0) is 19.3. The van der Waals surface area contributed by atoms with E-state index in [0.29, 0.717) is 18.5 Å². The largest absolute Gasteiger partial charge is 0.481 e. The van der Waals surface area contributed by atoms with Crippen LogP contribution in [0.15, 0.2) is 36.7 Å². The first kappa shape index (κ1) is 19.1. The second-order valence-electron chi connectivity index (χ2n) is 5.96. The molecule has 1 aromatic heterocycles. The summed E-state index contributed by atoms with van der Waals surface area (Å²) < 4.78 is 1.43. The van der Waals surface area contributed by atoms with Gasteiger partial charge < -0.3 is 10.4 Å². The zero-order valence-corrected chi connectivity index (χ0v) is 14.5. The van der Waals surface area contributed by atoms with Crippen LogP contribution in [0.25, 0.3) is 5.69 Å². The molecule has 0 saturated carbocycles. The number of nitrogens with zero attached hydrogens (tertiary/aromatic N) is 3. The molecule has 0 aliphatic carbocycles. The van der Waals surface area contributed by atoms with Crippen molar-refractivity contribution in [3.8, 4) is 5.69 Å². The van der Waals surface area contributed by atoms with Gasteiger partial charge in [-0.1, -0.05) is 13.8 Å². The number of rotatable bonds is 8. The minimum atomic E-state index is -0.976. The lowest BCUT2D eigenvalue weighted by Gasteiger charge is -2.31. The van der Waals surface area contributed by atoms with Gasteiger partial charge in [-0.25, -0.2) is 4.68 Å². The van der Waals surface area contributed by atoms with Crippen molar-refractivity contribution in [3.63, 3.8) is 0 Å². The molecule has 0 aliphatic rings. The molecule has 1 heterocycles. The van der Waals surface area contributed by atoms with Crippen LogP contribution in [-0.4, -0.2) is 37.2 Å². The lowest BCUT2D eigenvalue weighted by Crippen LogP contribution is -2.49. The van der Waals surface area contributed by atoms with Crippen molar-refractivity contribution < 1.29 is 19.6 Å². The van der Waals surface area contributed by atoms with E-state index >= 15 is 0 Å². The third-order valence-corrected chi connectivity index (χ3v) is 4.39. The van der Waals surface area contributed by atoms with Gasteiger partial charge in [0.1, 0.15) is 0 Å². The molecule has 1 aromatic carbocycles. The molecule has 2 aromatic rings. The predicted molar refractivity (Wildman–Crippen MR) is 93.3 cm³/mol. The van der Waals surface area contributed by atoms with Crippen molar-refractivity contribution in [2.45, 2.75) is 38.6 Å². The number of nitrogens with one attached hydrogen (secondary N) is 1. The van der Waals surface area contributed by atoms with Crippen molar-refractivity contribution in [1.82, 2.24) is 15.1 Å². The summed E-state index contributed by atoms with van der Waals surface area (Å²) >= 11 is 0. The van der Waals surface area contributed by atoms with Gasteiger partial charge in [0.15, 0.2) is 0 Å². The Kier molecular flexibility index (Phi) is 5.71. The Morgan fingerprint density at radius 3 is 2.38 bits per heavy atom. The van der Waals surface area contributed by atoms with Crippen LogP contribution in [0.3, 0.4) is 0 Å². The van der Waals surface area contributed by atoms with Crippen LogP contribution < -0.4 is 5.32 Å². The summed E-state index contributed by atoms with van der Waals surface area (Å²) in [5, 5.41) is 26.7. The molecule has 0 atom stereocenters. The number of carboxylic acids is 1. The molecular formula is C17H20N4O5. The lowest BCUT2D eigenvalue weighted by molar-refractivity contribution is -0.384. The van der Waals surface area contributed by atoms with E-state index in [-0.39, 0.29) is 17.7 Å². The fourth-order valence-corrected chi connectivity index (χ4v) is 2.63. The van der Waals surface area contributed by atoms with Gasteiger partial charge in [-0.2, -0.15) is 5.10 Å².